The maximum atomic E-state index is 12.9. The molecule has 2 N–H and O–H groups in total. The molecule has 0 bridgehead atoms. The van der Waals surface area contributed by atoms with E-state index in [1.165, 1.54) is 0 Å². The van der Waals surface area contributed by atoms with Crippen molar-refractivity contribution in [3.05, 3.63) is 125 Å². The molecule has 6 nitrogen and oxygen atoms in total. The maximum absolute atomic E-state index is 12.9. The topological polar surface area (TPSA) is 76.0 Å². The molecule has 0 unspecified atom stereocenters. The van der Waals surface area contributed by atoms with Gasteiger partial charge in [0.05, 0.1) is 17.8 Å². The van der Waals surface area contributed by atoms with Gasteiger partial charge in [0.25, 0.3) is 11.8 Å². The van der Waals surface area contributed by atoms with Crippen LogP contribution < -0.4 is 10.6 Å². The Morgan fingerprint density at radius 2 is 1.49 bits per heavy atom. The van der Waals surface area contributed by atoms with Gasteiger partial charge in [-0.25, -0.2) is 4.68 Å². The van der Waals surface area contributed by atoms with Crippen molar-refractivity contribution < 1.29 is 9.59 Å². The molecule has 5 rings (SSSR count). The number of hydrogen-bond acceptors (Lipinski definition) is 3. The van der Waals surface area contributed by atoms with Crippen molar-refractivity contribution in [3.8, 4) is 11.3 Å². The van der Waals surface area contributed by atoms with Crippen LogP contribution in [0.2, 0.25) is 0 Å². The third-order valence-corrected chi connectivity index (χ3v) is 6.37. The molecule has 1 heterocycles. The van der Waals surface area contributed by atoms with Crippen LogP contribution >= 0.6 is 11.6 Å². The van der Waals surface area contributed by atoms with Crippen molar-refractivity contribution in [2.24, 2.45) is 0 Å². The second-order valence-corrected chi connectivity index (χ2v) is 9.06. The second kappa shape index (κ2) is 11.1. The molecule has 1 aliphatic rings. The van der Waals surface area contributed by atoms with Crippen LogP contribution in [0.4, 0.5) is 11.5 Å². The number of carbonyl (C=O) groups is 2. The third-order valence-electron chi connectivity index (χ3n) is 6.01. The fourth-order valence-corrected chi connectivity index (χ4v) is 4.35. The van der Waals surface area contributed by atoms with Crippen LogP contribution in [-0.4, -0.2) is 21.6 Å². The van der Waals surface area contributed by atoms with E-state index in [9.17, 15) is 9.59 Å². The predicted octanol–water partition coefficient (Wildman–Crippen LogP) is 6.63. The van der Waals surface area contributed by atoms with Crippen molar-refractivity contribution in [2.75, 3.05) is 10.6 Å². The lowest BCUT2D eigenvalue weighted by molar-refractivity contribution is -0.112. The first-order chi connectivity index (χ1) is 18.1. The highest BCUT2D eigenvalue weighted by Gasteiger charge is 2.17. The monoisotopic (exact) mass is 508 g/mol. The number of anilines is 2. The van der Waals surface area contributed by atoms with Gasteiger partial charge in [0.2, 0.25) is 0 Å². The first kappa shape index (κ1) is 24.3. The van der Waals surface area contributed by atoms with Crippen molar-refractivity contribution in [1.82, 2.24) is 9.78 Å². The first-order valence-corrected chi connectivity index (χ1v) is 12.4. The Hall–Kier alpha value is -4.42. The Morgan fingerprint density at radius 3 is 2.19 bits per heavy atom. The second-order valence-electron chi connectivity index (χ2n) is 8.66. The zero-order chi connectivity index (χ0) is 25.6. The molecule has 0 saturated carbocycles. The molecule has 37 heavy (non-hydrogen) atoms. The van der Waals surface area contributed by atoms with E-state index in [0.29, 0.717) is 39.9 Å². The lowest BCUT2D eigenvalue weighted by Crippen LogP contribution is -2.16. The SMILES string of the molecule is O=C(Nc1ccc(-c2cc(NC(=O)c3ccccc3)n(Cc3ccccc3)n2)cc1)C1=CCCC=C1Cl. The van der Waals surface area contributed by atoms with Crippen molar-refractivity contribution in [3.63, 3.8) is 0 Å². The van der Waals surface area contributed by atoms with Gasteiger partial charge < -0.3 is 10.6 Å². The highest BCUT2D eigenvalue weighted by molar-refractivity contribution is 6.36. The molecular formula is C30H25ClN4O2. The van der Waals surface area contributed by atoms with Crippen molar-refractivity contribution in [2.45, 2.75) is 19.4 Å². The van der Waals surface area contributed by atoms with Crippen LogP contribution in [0.3, 0.4) is 0 Å². The fraction of sp³-hybridized carbons (Fsp3) is 0.100. The summed E-state index contributed by atoms with van der Waals surface area (Å²) in [5.74, 6) is 0.159. The Labute approximate surface area is 220 Å². The van der Waals surface area contributed by atoms with Gasteiger partial charge in [-0.1, -0.05) is 84.4 Å². The molecule has 4 aromatic rings. The fourth-order valence-electron chi connectivity index (χ4n) is 4.08. The molecule has 184 valence electrons. The zero-order valence-corrected chi connectivity index (χ0v) is 20.8. The minimum absolute atomic E-state index is 0.204. The molecule has 0 aliphatic heterocycles. The Morgan fingerprint density at radius 1 is 0.811 bits per heavy atom. The summed E-state index contributed by atoms with van der Waals surface area (Å²) in [7, 11) is 0. The van der Waals surface area contributed by atoms with Gasteiger partial charge in [0.1, 0.15) is 5.82 Å². The lowest BCUT2D eigenvalue weighted by Gasteiger charge is -2.11. The average Bonchev–Trinajstić information content (AvgIpc) is 3.32. The normalized spacial score (nSPS) is 12.9. The quantitative estimate of drug-likeness (QED) is 0.294. The lowest BCUT2D eigenvalue weighted by atomic mass is 10.1. The maximum Gasteiger partial charge on any atom is 0.256 e. The molecule has 2 amide bonds. The molecule has 0 saturated heterocycles. The number of halogens is 1. The average molecular weight is 509 g/mol. The number of hydrogen-bond donors (Lipinski definition) is 2. The van der Waals surface area contributed by atoms with Crippen LogP contribution in [0.15, 0.2) is 114 Å². The van der Waals surface area contributed by atoms with E-state index in [2.05, 4.69) is 10.6 Å². The molecule has 0 spiro atoms. The minimum Gasteiger partial charge on any atom is -0.322 e. The van der Waals surface area contributed by atoms with Crippen LogP contribution in [0.5, 0.6) is 0 Å². The van der Waals surface area contributed by atoms with Crippen LogP contribution in [0.1, 0.15) is 28.8 Å². The van der Waals surface area contributed by atoms with Crippen LogP contribution in [-0.2, 0) is 11.3 Å². The van der Waals surface area contributed by atoms with E-state index in [-0.39, 0.29) is 11.8 Å². The van der Waals surface area contributed by atoms with E-state index in [4.69, 9.17) is 16.7 Å². The molecule has 7 heteroatoms. The molecule has 0 atom stereocenters. The zero-order valence-electron chi connectivity index (χ0n) is 20.0. The summed E-state index contributed by atoms with van der Waals surface area (Å²) in [6.07, 6.45) is 5.36. The highest BCUT2D eigenvalue weighted by atomic mass is 35.5. The summed E-state index contributed by atoms with van der Waals surface area (Å²) in [5.41, 5.74) is 4.35. The van der Waals surface area contributed by atoms with Crippen molar-refractivity contribution >= 4 is 34.9 Å². The molecule has 3 aromatic carbocycles. The number of carbonyl (C=O) groups excluding carboxylic acids is 2. The van der Waals surface area contributed by atoms with Crippen LogP contribution in [0, 0.1) is 0 Å². The smallest absolute Gasteiger partial charge is 0.256 e. The van der Waals surface area contributed by atoms with Crippen molar-refractivity contribution in [1.29, 1.82) is 0 Å². The van der Waals surface area contributed by atoms with E-state index in [1.807, 2.05) is 91.0 Å². The van der Waals surface area contributed by atoms with Gasteiger partial charge in [-0.15, -0.1) is 0 Å². The molecule has 1 aromatic heterocycles. The largest absolute Gasteiger partial charge is 0.322 e. The Kier molecular flexibility index (Phi) is 7.28. The summed E-state index contributed by atoms with van der Waals surface area (Å²) < 4.78 is 1.78. The van der Waals surface area contributed by atoms with E-state index in [1.54, 1.807) is 16.8 Å². The number of nitrogens with zero attached hydrogens (tertiary/aromatic N) is 2. The van der Waals surface area contributed by atoms with E-state index in [0.717, 1.165) is 24.0 Å². The van der Waals surface area contributed by atoms with Gasteiger partial charge in [0, 0.05) is 27.9 Å². The first-order valence-electron chi connectivity index (χ1n) is 12.0. The standard InChI is InChI=1S/C30H25ClN4O2/c31-26-14-8-7-13-25(26)30(37)32-24-17-15-22(16-18-24)27-19-28(33-29(36)23-11-5-2-6-12-23)35(34-27)20-21-9-3-1-4-10-21/h1-6,9-19H,7-8,20H2,(H,32,37)(H,33,36). The Balaban J connectivity index is 1.37. The summed E-state index contributed by atoms with van der Waals surface area (Å²) >= 11 is 6.19. The molecule has 1 aliphatic carbocycles. The third kappa shape index (κ3) is 5.88. The number of rotatable bonds is 7. The number of amides is 2. The summed E-state index contributed by atoms with van der Waals surface area (Å²) in [6, 6.07) is 28.3. The molecule has 0 radical (unpaired) electrons. The highest BCUT2D eigenvalue weighted by Crippen LogP contribution is 2.27. The van der Waals surface area contributed by atoms with E-state index < -0.39 is 0 Å². The predicted molar refractivity (Wildman–Crippen MR) is 147 cm³/mol. The van der Waals surface area contributed by atoms with Crippen LogP contribution in [0.25, 0.3) is 11.3 Å². The van der Waals surface area contributed by atoms with Gasteiger partial charge in [0.15, 0.2) is 0 Å². The summed E-state index contributed by atoms with van der Waals surface area (Å²) in [5, 5.41) is 11.2. The van der Waals surface area contributed by atoms with Gasteiger partial charge in [-0.2, -0.15) is 5.10 Å². The molecular weight excluding hydrogens is 484 g/mol. The number of allylic oxidation sites excluding steroid dienone is 2. The Bertz CT molecular complexity index is 1470. The van der Waals surface area contributed by atoms with Gasteiger partial charge >= 0.3 is 0 Å². The number of nitrogens with one attached hydrogen (secondary N) is 2. The number of benzene rings is 3. The minimum atomic E-state index is -0.230. The van der Waals surface area contributed by atoms with Gasteiger partial charge in [-0.05, 0) is 42.7 Å². The molecule has 0 fully saturated rings. The van der Waals surface area contributed by atoms with Gasteiger partial charge in [-0.3, -0.25) is 9.59 Å². The number of aromatic nitrogens is 2. The summed E-state index contributed by atoms with van der Waals surface area (Å²) in [4.78, 5) is 25.5. The summed E-state index contributed by atoms with van der Waals surface area (Å²) in [6.45, 7) is 0.503. The van der Waals surface area contributed by atoms with E-state index >= 15 is 0 Å².